The second-order valence-corrected chi connectivity index (χ2v) is 7.05. The van der Waals surface area contributed by atoms with Crippen molar-refractivity contribution >= 4 is 0 Å². The van der Waals surface area contributed by atoms with Crippen LogP contribution in [0.1, 0.15) is 109 Å². The lowest BCUT2D eigenvalue weighted by Gasteiger charge is -2.01. The Balaban J connectivity index is 2.38. The van der Waals surface area contributed by atoms with E-state index in [1.165, 1.54) is 82.9 Å². The van der Waals surface area contributed by atoms with E-state index in [-0.39, 0.29) is 0 Å². The normalized spacial score (nSPS) is 11.3. The minimum absolute atomic E-state index is 0.916. The molecule has 0 bridgehead atoms. The summed E-state index contributed by atoms with van der Waals surface area (Å²) in [6, 6.07) is 0. The summed E-state index contributed by atoms with van der Waals surface area (Å²) in [5.74, 6) is 8.60. The summed E-state index contributed by atoms with van der Waals surface area (Å²) in [6.45, 7) is 7.60. The Morgan fingerprint density at radius 1 is 0.750 bits per heavy atom. The van der Waals surface area contributed by atoms with Crippen molar-refractivity contribution < 1.29 is 4.68 Å². The monoisotopic (exact) mass is 337 g/mol. The third-order valence-corrected chi connectivity index (χ3v) is 4.90. The van der Waals surface area contributed by atoms with Crippen molar-refractivity contribution in [1.29, 1.82) is 0 Å². The summed E-state index contributed by atoms with van der Waals surface area (Å²) in [6.07, 6.45) is 17.9. The molecule has 0 radical (unpaired) electrons. The van der Waals surface area contributed by atoms with Crippen LogP contribution >= 0.6 is 0 Å². The number of aryl methyl sites for hydroxylation is 2. The van der Waals surface area contributed by atoms with Crippen LogP contribution < -0.4 is 10.5 Å². The molecule has 24 heavy (non-hydrogen) atoms. The highest BCUT2D eigenvalue weighted by atomic mass is 15.5. The molecule has 0 saturated carbocycles. The zero-order chi connectivity index (χ0) is 17.6. The summed E-state index contributed by atoms with van der Waals surface area (Å²) >= 11 is 0. The van der Waals surface area contributed by atoms with Gasteiger partial charge in [-0.05, 0) is 19.8 Å². The van der Waals surface area contributed by atoms with Gasteiger partial charge >= 0.3 is 0 Å². The van der Waals surface area contributed by atoms with Gasteiger partial charge in [-0.2, -0.15) is 0 Å². The molecule has 0 spiro atoms. The average molecular weight is 338 g/mol. The Morgan fingerprint density at radius 3 is 1.79 bits per heavy atom. The fourth-order valence-electron chi connectivity index (χ4n) is 3.32. The molecular weight excluding hydrogens is 296 g/mol. The maximum absolute atomic E-state index is 6.34. The van der Waals surface area contributed by atoms with E-state index >= 15 is 0 Å². The molecule has 0 atom stereocenters. The second kappa shape index (κ2) is 13.3. The Bertz CT molecular complexity index is 426. The third-order valence-electron chi connectivity index (χ3n) is 4.90. The molecule has 0 unspecified atom stereocenters. The summed E-state index contributed by atoms with van der Waals surface area (Å²) in [5.41, 5.74) is 0. The molecule has 0 amide bonds. The molecule has 0 aliphatic heterocycles. The third kappa shape index (κ3) is 7.67. The van der Waals surface area contributed by atoms with Crippen LogP contribution in [0, 0.1) is 0 Å². The number of rotatable bonds is 15. The van der Waals surface area contributed by atoms with E-state index < -0.39 is 0 Å². The fourth-order valence-corrected chi connectivity index (χ4v) is 3.32. The quantitative estimate of drug-likeness (QED) is 0.286. The van der Waals surface area contributed by atoms with Gasteiger partial charge in [0.1, 0.15) is 6.54 Å². The molecule has 1 aromatic heterocycles. The largest absolute Gasteiger partial charge is 0.299 e. The maximum atomic E-state index is 6.34. The van der Waals surface area contributed by atoms with Crippen LogP contribution in [-0.2, 0) is 19.4 Å². The van der Waals surface area contributed by atoms with E-state index in [1.54, 1.807) is 0 Å². The molecule has 0 aliphatic carbocycles. The highest BCUT2D eigenvalue weighted by Crippen LogP contribution is 2.10. The summed E-state index contributed by atoms with van der Waals surface area (Å²) < 4.78 is 3.99. The first-order valence-corrected chi connectivity index (χ1v) is 10.5. The highest BCUT2D eigenvalue weighted by molar-refractivity contribution is 4.83. The van der Waals surface area contributed by atoms with Crippen LogP contribution in [0.4, 0.5) is 0 Å². The van der Waals surface area contributed by atoms with Gasteiger partial charge in [0.2, 0.25) is 0 Å². The first kappa shape index (κ1) is 21.0. The van der Waals surface area contributed by atoms with Gasteiger partial charge in [-0.15, -0.1) is 9.36 Å². The number of aromatic nitrogens is 3. The molecule has 0 aromatic carbocycles. The molecule has 4 nitrogen and oxygen atoms in total. The molecule has 0 saturated heterocycles. The topological polar surface area (TPSA) is 47.7 Å². The van der Waals surface area contributed by atoms with E-state index in [1.807, 2.05) is 4.68 Å². The van der Waals surface area contributed by atoms with Crippen LogP contribution in [0.5, 0.6) is 0 Å². The Hall–Kier alpha value is -1.06. The number of hydrogen-bond donors (Lipinski definition) is 1. The number of unbranched alkanes of at least 4 members (excludes halogenated alkanes) is 10. The molecule has 0 aliphatic rings. The van der Waals surface area contributed by atoms with Gasteiger partial charge in [-0.1, -0.05) is 78.1 Å². The lowest BCUT2D eigenvalue weighted by atomic mass is 10.1. The number of hydrogen-bond acceptors (Lipinski definition) is 2. The predicted octanol–water partition coefficient (Wildman–Crippen LogP) is 4.71. The zero-order valence-electron chi connectivity index (χ0n) is 16.5. The van der Waals surface area contributed by atoms with Gasteiger partial charge in [0.05, 0.1) is 0 Å². The number of nitrogen functional groups attached to an aromatic ring is 1. The van der Waals surface area contributed by atoms with Crippen LogP contribution in [-0.4, -0.2) is 9.78 Å². The van der Waals surface area contributed by atoms with E-state index in [9.17, 15) is 0 Å². The van der Waals surface area contributed by atoms with E-state index in [4.69, 9.17) is 10.9 Å². The van der Waals surface area contributed by atoms with Crippen molar-refractivity contribution in [2.45, 2.75) is 117 Å². The van der Waals surface area contributed by atoms with E-state index in [2.05, 4.69) is 25.5 Å². The molecule has 140 valence electrons. The first-order valence-electron chi connectivity index (χ1n) is 10.5. The van der Waals surface area contributed by atoms with Crippen molar-refractivity contribution in [3.8, 4) is 0 Å². The Kier molecular flexibility index (Phi) is 11.6. The molecule has 4 heteroatoms. The minimum atomic E-state index is 0.916. The number of nitrogens with zero attached hydrogens (tertiary/aromatic N) is 3. The average Bonchev–Trinajstić information content (AvgIpc) is 2.89. The van der Waals surface area contributed by atoms with Gasteiger partial charge in [0, 0.05) is 17.9 Å². The van der Waals surface area contributed by atoms with Crippen LogP contribution in [0.15, 0.2) is 0 Å². The molecule has 0 fully saturated rings. The van der Waals surface area contributed by atoms with E-state index in [0.717, 1.165) is 25.2 Å². The lowest BCUT2D eigenvalue weighted by molar-refractivity contribution is -0.655. The minimum Gasteiger partial charge on any atom is -0.289 e. The summed E-state index contributed by atoms with van der Waals surface area (Å²) in [5, 5.41) is 4.75. The smallest absolute Gasteiger partial charge is 0.289 e. The molecule has 1 rings (SSSR count). The van der Waals surface area contributed by atoms with Crippen LogP contribution in [0.2, 0.25) is 0 Å². The second-order valence-electron chi connectivity index (χ2n) is 7.05. The fraction of sp³-hybridized carbons (Fsp3) is 0.900. The molecule has 1 heterocycles. The molecule has 2 N–H and O–H groups in total. The van der Waals surface area contributed by atoms with Crippen molar-refractivity contribution in [2.24, 2.45) is 0 Å². The highest BCUT2D eigenvalue weighted by Gasteiger charge is 2.22. The maximum Gasteiger partial charge on any atom is 0.299 e. The lowest BCUT2D eigenvalue weighted by Crippen LogP contribution is -2.50. The van der Waals surface area contributed by atoms with Gasteiger partial charge in [-0.25, -0.2) is 0 Å². The van der Waals surface area contributed by atoms with Crippen LogP contribution in [0.25, 0.3) is 0 Å². The van der Waals surface area contributed by atoms with Gasteiger partial charge in [-0.3, -0.25) is 5.84 Å². The van der Waals surface area contributed by atoms with Crippen molar-refractivity contribution in [2.75, 3.05) is 5.84 Å². The van der Waals surface area contributed by atoms with Crippen LogP contribution in [0.3, 0.4) is 0 Å². The van der Waals surface area contributed by atoms with Gasteiger partial charge < -0.3 is 0 Å². The summed E-state index contributed by atoms with van der Waals surface area (Å²) in [4.78, 5) is 0. The summed E-state index contributed by atoms with van der Waals surface area (Å²) in [7, 11) is 0. The van der Waals surface area contributed by atoms with Crippen molar-refractivity contribution in [3.05, 3.63) is 11.6 Å². The van der Waals surface area contributed by atoms with Gasteiger partial charge in [0.15, 0.2) is 0 Å². The van der Waals surface area contributed by atoms with Crippen molar-refractivity contribution in [3.63, 3.8) is 0 Å². The number of nitrogens with two attached hydrogens (primary N) is 1. The van der Waals surface area contributed by atoms with Gasteiger partial charge in [0.25, 0.3) is 11.6 Å². The molecular formula is C20H41N4+. The van der Waals surface area contributed by atoms with Crippen molar-refractivity contribution in [1.82, 2.24) is 9.78 Å². The van der Waals surface area contributed by atoms with E-state index in [0.29, 0.717) is 0 Å². The first-order chi connectivity index (χ1) is 11.7. The standard InChI is InChI=1S/C20H41N4/c1-4-7-9-11-13-15-17-19-22-23(6-3)20(24(19)21)18-16-14-12-10-8-5-2/h4-18,21H2,1-3H3/q+1. The SMILES string of the molecule is CCCCCCCCc1nn(CC)c(CCCCCCCC)[n+]1N. The zero-order valence-corrected chi connectivity index (χ0v) is 16.5. The molecule has 1 aromatic rings. The Labute approximate surface area is 149 Å². The Morgan fingerprint density at radius 2 is 1.25 bits per heavy atom. The predicted molar refractivity (Wildman–Crippen MR) is 102 cm³/mol.